The number of hydrogen-bond acceptors (Lipinski definition) is 4. The zero-order valence-corrected chi connectivity index (χ0v) is 17.1. The SMILES string of the molecule is CC1=C(c2ccc(O)cc2)C(=O)n2nc(-c3ccccc3)c(N3CCCCC3)c2C1. The molecule has 0 bridgehead atoms. The van der Waals surface area contributed by atoms with E-state index in [4.69, 9.17) is 5.10 Å². The highest BCUT2D eigenvalue weighted by atomic mass is 16.3. The van der Waals surface area contributed by atoms with Crippen molar-refractivity contribution in [2.75, 3.05) is 18.0 Å². The molecule has 2 aliphatic rings. The fourth-order valence-corrected chi connectivity index (χ4v) is 4.64. The molecule has 1 aromatic heterocycles. The van der Waals surface area contributed by atoms with Gasteiger partial charge in [-0.15, -0.1) is 0 Å². The number of benzene rings is 2. The summed E-state index contributed by atoms with van der Waals surface area (Å²) in [7, 11) is 0. The van der Waals surface area contributed by atoms with E-state index in [1.165, 1.54) is 19.3 Å². The number of aromatic nitrogens is 2. The van der Waals surface area contributed by atoms with Crippen LogP contribution in [0.3, 0.4) is 0 Å². The van der Waals surface area contributed by atoms with Crippen LogP contribution >= 0.6 is 0 Å². The van der Waals surface area contributed by atoms with Gasteiger partial charge in [0.25, 0.3) is 5.91 Å². The first-order valence-corrected chi connectivity index (χ1v) is 10.6. The maximum absolute atomic E-state index is 13.6. The third-order valence-corrected chi connectivity index (χ3v) is 6.09. The number of piperidine rings is 1. The van der Waals surface area contributed by atoms with E-state index >= 15 is 0 Å². The van der Waals surface area contributed by atoms with Crippen LogP contribution in [0.1, 0.15) is 42.2 Å². The van der Waals surface area contributed by atoms with Gasteiger partial charge in [0.05, 0.1) is 11.4 Å². The molecular weight excluding hydrogens is 374 g/mol. The molecule has 30 heavy (non-hydrogen) atoms. The summed E-state index contributed by atoms with van der Waals surface area (Å²) in [6, 6.07) is 17.0. The van der Waals surface area contributed by atoms with Gasteiger partial charge in [0.2, 0.25) is 0 Å². The third kappa shape index (κ3) is 3.11. The van der Waals surface area contributed by atoms with E-state index in [2.05, 4.69) is 17.0 Å². The smallest absolute Gasteiger partial charge is 0.279 e. The number of carbonyl (C=O) groups is 1. The van der Waals surface area contributed by atoms with Gasteiger partial charge in [-0.2, -0.15) is 9.78 Å². The van der Waals surface area contributed by atoms with Gasteiger partial charge in [0.15, 0.2) is 0 Å². The van der Waals surface area contributed by atoms with Crippen LogP contribution < -0.4 is 4.90 Å². The molecule has 1 fully saturated rings. The average Bonchev–Trinajstić information content (AvgIpc) is 3.16. The minimum Gasteiger partial charge on any atom is -0.508 e. The summed E-state index contributed by atoms with van der Waals surface area (Å²) >= 11 is 0. The van der Waals surface area contributed by atoms with Crippen molar-refractivity contribution in [2.45, 2.75) is 32.6 Å². The highest BCUT2D eigenvalue weighted by Gasteiger charge is 2.33. The molecule has 0 saturated carbocycles. The molecule has 3 aromatic rings. The largest absolute Gasteiger partial charge is 0.508 e. The zero-order chi connectivity index (χ0) is 20.7. The Kier molecular flexibility index (Phi) is 4.66. The highest BCUT2D eigenvalue weighted by Crippen LogP contribution is 2.40. The first-order chi connectivity index (χ1) is 14.6. The Bertz CT molecular complexity index is 1120. The Morgan fingerprint density at radius 2 is 1.60 bits per heavy atom. The van der Waals surface area contributed by atoms with E-state index in [0.717, 1.165) is 46.9 Å². The van der Waals surface area contributed by atoms with Gasteiger partial charge in [-0.3, -0.25) is 4.79 Å². The van der Waals surface area contributed by atoms with Crippen molar-refractivity contribution in [3.8, 4) is 17.0 Å². The summed E-state index contributed by atoms with van der Waals surface area (Å²) in [5, 5.41) is 14.5. The second kappa shape index (κ2) is 7.48. The van der Waals surface area contributed by atoms with Crippen LogP contribution in [0, 0.1) is 0 Å². The number of aromatic hydroxyl groups is 1. The average molecular weight is 399 g/mol. The normalized spacial score (nSPS) is 16.7. The van der Waals surface area contributed by atoms with Crippen molar-refractivity contribution >= 4 is 17.2 Å². The first-order valence-electron chi connectivity index (χ1n) is 10.6. The van der Waals surface area contributed by atoms with Crippen molar-refractivity contribution < 1.29 is 9.90 Å². The lowest BCUT2D eigenvalue weighted by Crippen LogP contribution is -2.31. The second-order valence-corrected chi connectivity index (χ2v) is 8.15. The minimum atomic E-state index is -0.0973. The fraction of sp³-hybridized carbons (Fsp3) is 0.280. The number of phenolic OH excluding ortho intramolecular Hbond substituents is 1. The Morgan fingerprint density at radius 3 is 2.30 bits per heavy atom. The molecule has 0 spiro atoms. The molecule has 2 aliphatic heterocycles. The lowest BCUT2D eigenvalue weighted by atomic mass is 9.93. The maximum atomic E-state index is 13.6. The van der Waals surface area contributed by atoms with Gasteiger partial charge in [0.1, 0.15) is 11.4 Å². The van der Waals surface area contributed by atoms with Crippen molar-refractivity contribution in [3.05, 3.63) is 71.4 Å². The first kappa shape index (κ1) is 18.7. The predicted octanol–water partition coefficient (Wildman–Crippen LogP) is 4.92. The molecule has 152 valence electrons. The molecule has 0 atom stereocenters. The minimum absolute atomic E-state index is 0.0973. The number of allylic oxidation sites excluding steroid dienone is 2. The molecule has 0 unspecified atom stereocenters. The van der Waals surface area contributed by atoms with Gasteiger partial charge in [-0.05, 0) is 43.9 Å². The van der Waals surface area contributed by atoms with Crippen LogP contribution in [0.2, 0.25) is 0 Å². The van der Waals surface area contributed by atoms with E-state index in [-0.39, 0.29) is 11.7 Å². The molecule has 3 heterocycles. The molecule has 1 N–H and O–H groups in total. The Balaban J connectivity index is 1.65. The Labute approximate surface area is 176 Å². The van der Waals surface area contributed by atoms with Gasteiger partial charge >= 0.3 is 0 Å². The molecule has 5 heteroatoms. The number of nitrogens with zero attached hydrogens (tertiary/aromatic N) is 3. The maximum Gasteiger partial charge on any atom is 0.279 e. The van der Waals surface area contributed by atoms with E-state index in [1.807, 2.05) is 25.1 Å². The quantitative estimate of drug-likeness (QED) is 0.679. The van der Waals surface area contributed by atoms with Crippen molar-refractivity contribution in [2.24, 2.45) is 0 Å². The molecule has 2 aromatic carbocycles. The topological polar surface area (TPSA) is 58.4 Å². The fourth-order valence-electron chi connectivity index (χ4n) is 4.64. The van der Waals surface area contributed by atoms with Crippen LogP contribution in [-0.4, -0.2) is 33.9 Å². The van der Waals surface area contributed by atoms with E-state index in [9.17, 15) is 9.90 Å². The molecule has 1 saturated heterocycles. The summed E-state index contributed by atoms with van der Waals surface area (Å²) in [6.07, 6.45) is 4.28. The number of carbonyl (C=O) groups excluding carboxylic acids is 1. The second-order valence-electron chi connectivity index (χ2n) is 8.15. The summed E-state index contributed by atoms with van der Waals surface area (Å²) in [5.74, 6) is 0.0960. The van der Waals surface area contributed by atoms with Gasteiger partial charge < -0.3 is 10.0 Å². The number of rotatable bonds is 3. The molecule has 5 nitrogen and oxygen atoms in total. The van der Waals surface area contributed by atoms with Crippen molar-refractivity contribution in [3.63, 3.8) is 0 Å². The highest BCUT2D eigenvalue weighted by molar-refractivity contribution is 6.22. The van der Waals surface area contributed by atoms with E-state index in [1.54, 1.807) is 28.9 Å². The monoisotopic (exact) mass is 399 g/mol. The van der Waals surface area contributed by atoms with Gasteiger partial charge in [-0.25, -0.2) is 0 Å². The number of hydrogen-bond donors (Lipinski definition) is 1. The molecule has 0 radical (unpaired) electrons. The Morgan fingerprint density at radius 1 is 0.900 bits per heavy atom. The summed E-state index contributed by atoms with van der Waals surface area (Å²) < 4.78 is 1.61. The number of phenols is 1. The van der Waals surface area contributed by atoms with Crippen LogP contribution in [0.4, 0.5) is 5.69 Å². The van der Waals surface area contributed by atoms with E-state index < -0.39 is 0 Å². The summed E-state index contributed by atoms with van der Waals surface area (Å²) in [4.78, 5) is 16.0. The van der Waals surface area contributed by atoms with Crippen LogP contribution in [0.25, 0.3) is 16.8 Å². The van der Waals surface area contributed by atoms with Crippen LogP contribution in [0.15, 0.2) is 60.2 Å². The lowest BCUT2D eigenvalue weighted by molar-refractivity contribution is 0.0958. The standard InChI is InChI=1S/C25H25N3O2/c1-17-16-21-24(27-14-6-3-7-15-27)23(19-8-4-2-5-9-19)26-28(21)25(30)22(17)18-10-12-20(29)13-11-18/h2,4-5,8-13,29H,3,6-7,14-16H2,1H3. The predicted molar refractivity (Wildman–Crippen MR) is 119 cm³/mol. The van der Waals surface area contributed by atoms with Crippen LogP contribution in [0.5, 0.6) is 5.75 Å². The van der Waals surface area contributed by atoms with Crippen LogP contribution in [-0.2, 0) is 6.42 Å². The lowest BCUT2D eigenvalue weighted by Gasteiger charge is -2.30. The third-order valence-electron chi connectivity index (χ3n) is 6.09. The Hall–Kier alpha value is -3.34. The van der Waals surface area contributed by atoms with Gasteiger partial charge in [0, 0.05) is 30.6 Å². The zero-order valence-electron chi connectivity index (χ0n) is 17.1. The van der Waals surface area contributed by atoms with E-state index in [0.29, 0.717) is 12.0 Å². The van der Waals surface area contributed by atoms with Crippen molar-refractivity contribution in [1.29, 1.82) is 0 Å². The molecule has 5 rings (SSSR count). The molecular formula is C25H25N3O2. The van der Waals surface area contributed by atoms with Crippen molar-refractivity contribution in [1.82, 2.24) is 9.78 Å². The summed E-state index contributed by atoms with van der Waals surface area (Å²) in [5.41, 5.74) is 6.55. The van der Waals surface area contributed by atoms with Gasteiger partial charge in [-0.1, -0.05) is 48.0 Å². The number of anilines is 1. The number of fused-ring (bicyclic) bond motifs is 1. The molecule has 0 aliphatic carbocycles. The summed E-state index contributed by atoms with van der Waals surface area (Å²) in [6.45, 7) is 4.03. The molecule has 0 amide bonds.